The molecule has 3 N–H and O–H groups in total. The molecule has 0 aliphatic heterocycles. The van der Waals surface area contributed by atoms with Crippen molar-refractivity contribution in [3.05, 3.63) is 0 Å². The van der Waals surface area contributed by atoms with Crippen LogP contribution in [0.3, 0.4) is 0 Å². The summed E-state index contributed by atoms with van der Waals surface area (Å²) >= 11 is 0. The molecule has 0 aliphatic carbocycles. The lowest BCUT2D eigenvalue weighted by Crippen LogP contribution is -2.21. The number of amides is 1. The lowest BCUT2D eigenvalue weighted by molar-refractivity contribution is -0.137. The molecule has 0 aromatic heterocycles. The first-order valence-electron chi connectivity index (χ1n) is 5.73. The Morgan fingerprint density at radius 3 is 1.94 bits per heavy atom. The maximum Gasteiger partial charge on any atom is 0.404 e. The van der Waals surface area contributed by atoms with Gasteiger partial charge < -0.3 is 15.5 Å². The maximum atomic E-state index is 9.87. The molecular weight excluding hydrogens is 210 g/mol. The number of aliphatic carboxylic acids is 1. The molecule has 0 unspecified atom stereocenters. The Hall–Kier alpha value is -1.26. The van der Waals surface area contributed by atoms with Gasteiger partial charge in [-0.05, 0) is 12.8 Å². The summed E-state index contributed by atoms with van der Waals surface area (Å²) in [4.78, 5) is 19.6. The van der Waals surface area contributed by atoms with E-state index >= 15 is 0 Å². The standard InChI is InChI=1S/C6H12O2.C5H11NO2/c1-2-3-4-5-6(7)8;1-2-3-4-6-5(7)8/h2-5H2,1H3,(H,7,8);6H,2-4H2,1H3,(H,7,8). The Labute approximate surface area is 96.9 Å². The van der Waals surface area contributed by atoms with Crippen LogP contribution in [0.15, 0.2) is 0 Å². The van der Waals surface area contributed by atoms with Crippen molar-refractivity contribution in [3.63, 3.8) is 0 Å². The Kier molecular flexibility index (Phi) is 14.7. The number of carboxylic acid groups (broad SMARTS) is 2. The third-order valence-electron chi connectivity index (χ3n) is 1.80. The quantitative estimate of drug-likeness (QED) is 0.590. The zero-order valence-electron chi connectivity index (χ0n) is 10.2. The molecule has 1 amide bonds. The second-order valence-electron chi connectivity index (χ2n) is 3.44. The molecule has 96 valence electrons. The minimum absolute atomic E-state index is 0.327. The van der Waals surface area contributed by atoms with E-state index in [4.69, 9.17) is 10.2 Å². The van der Waals surface area contributed by atoms with E-state index in [1.807, 2.05) is 6.92 Å². The Morgan fingerprint density at radius 2 is 1.56 bits per heavy atom. The number of carboxylic acids is 1. The summed E-state index contributed by atoms with van der Waals surface area (Å²) in [5.74, 6) is -0.682. The molecule has 0 rings (SSSR count). The molecule has 5 nitrogen and oxygen atoms in total. The first-order valence-corrected chi connectivity index (χ1v) is 5.73. The van der Waals surface area contributed by atoms with E-state index in [2.05, 4.69) is 12.2 Å². The van der Waals surface area contributed by atoms with E-state index in [9.17, 15) is 9.59 Å². The second kappa shape index (κ2) is 13.7. The number of carbonyl (C=O) groups is 2. The van der Waals surface area contributed by atoms with Gasteiger partial charge in [-0.3, -0.25) is 4.79 Å². The topological polar surface area (TPSA) is 86.6 Å². The van der Waals surface area contributed by atoms with Gasteiger partial charge in [0, 0.05) is 13.0 Å². The van der Waals surface area contributed by atoms with Gasteiger partial charge in [0.1, 0.15) is 0 Å². The van der Waals surface area contributed by atoms with E-state index in [1.165, 1.54) is 0 Å². The predicted octanol–water partition coefficient (Wildman–Crippen LogP) is 2.71. The van der Waals surface area contributed by atoms with Crippen molar-refractivity contribution < 1.29 is 19.8 Å². The van der Waals surface area contributed by atoms with E-state index in [1.54, 1.807) is 0 Å². The summed E-state index contributed by atoms with van der Waals surface area (Å²) in [6.45, 7) is 4.65. The van der Waals surface area contributed by atoms with Gasteiger partial charge in [0.05, 0.1) is 0 Å². The van der Waals surface area contributed by atoms with Crippen LogP contribution in [0.2, 0.25) is 0 Å². The van der Waals surface area contributed by atoms with Gasteiger partial charge in [0.15, 0.2) is 0 Å². The van der Waals surface area contributed by atoms with Crippen molar-refractivity contribution in [1.29, 1.82) is 0 Å². The molecule has 5 heteroatoms. The van der Waals surface area contributed by atoms with E-state index in [-0.39, 0.29) is 0 Å². The highest BCUT2D eigenvalue weighted by Gasteiger charge is 1.92. The fourth-order valence-electron chi connectivity index (χ4n) is 0.898. The third-order valence-corrected chi connectivity index (χ3v) is 1.80. The SMILES string of the molecule is CCCCCC(=O)O.CCCCNC(=O)O. The summed E-state index contributed by atoms with van der Waals surface area (Å²) in [5.41, 5.74) is 0. The van der Waals surface area contributed by atoms with E-state index in [0.29, 0.717) is 13.0 Å². The van der Waals surface area contributed by atoms with Crippen molar-refractivity contribution in [3.8, 4) is 0 Å². The number of hydrogen-bond donors (Lipinski definition) is 3. The van der Waals surface area contributed by atoms with Crippen molar-refractivity contribution in [2.75, 3.05) is 6.54 Å². The fourth-order valence-corrected chi connectivity index (χ4v) is 0.898. The molecule has 0 aliphatic rings. The fraction of sp³-hybridized carbons (Fsp3) is 0.818. The highest BCUT2D eigenvalue weighted by atomic mass is 16.4. The average molecular weight is 233 g/mol. The summed E-state index contributed by atoms with van der Waals surface area (Å²) in [6, 6.07) is 0. The molecule has 0 radical (unpaired) electrons. The van der Waals surface area contributed by atoms with Gasteiger partial charge in [0.25, 0.3) is 0 Å². The molecule has 16 heavy (non-hydrogen) atoms. The summed E-state index contributed by atoms with van der Waals surface area (Å²) < 4.78 is 0. The molecule has 0 spiro atoms. The van der Waals surface area contributed by atoms with Crippen LogP contribution in [0, 0.1) is 0 Å². The molecule has 0 atom stereocenters. The molecule has 0 aromatic carbocycles. The number of unbranched alkanes of at least 4 members (excludes halogenated alkanes) is 3. The highest BCUT2D eigenvalue weighted by molar-refractivity contribution is 5.66. The van der Waals surface area contributed by atoms with Crippen molar-refractivity contribution in [1.82, 2.24) is 5.32 Å². The van der Waals surface area contributed by atoms with Crippen LogP contribution in [-0.4, -0.2) is 28.8 Å². The smallest absolute Gasteiger partial charge is 0.404 e. The number of nitrogens with one attached hydrogen (secondary N) is 1. The van der Waals surface area contributed by atoms with Crippen LogP contribution in [0.4, 0.5) is 4.79 Å². The molecule has 0 saturated heterocycles. The molecule has 0 saturated carbocycles. The van der Waals surface area contributed by atoms with Crippen LogP contribution in [0.1, 0.15) is 52.4 Å². The first kappa shape index (κ1) is 17.1. The highest BCUT2D eigenvalue weighted by Crippen LogP contribution is 1.97. The lowest BCUT2D eigenvalue weighted by Gasteiger charge is -1.94. The van der Waals surface area contributed by atoms with Crippen LogP contribution < -0.4 is 5.32 Å². The van der Waals surface area contributed by atoms with Gasteiger partial charge in [-0.2, -0.15) is 0 Å². The average Bonchev–Trinajstić information content (AvgIpc) is 2.18. The summed E-state index contributed by atoms with van der Waals surface area (Å²) in [5, 5.41) is 18.4. The van der Waals surface area contributed by atoms with Gasteiger partial charge in [-0.1, -0.05) is 33.1 Å². The monoisotopic (exact) mass is 233 g/mol. The van der Waals surface area contributed by atoms with Crippen LogP contribution in [0.25, 0.3) is 0 Å². The summed E-state index contributed by atoms with van der Waals surface area (Å²) in [6.07, 6.45) is 4.30. The predicted molar refractivity (Wildman–Crippen MR) is 62.7 cm³/mol. The number of rotatable bonds is 7. The Balaban J connectivity index is 0. The Bertz CT molecular complexity index is 163. The maximum absolute atomic E-state index is 9.87. The van der Waals surface area contributed by atoms with Gasteiger partial charge >= 0.3 is 12.1 Å². The molecule has 0 fully saturated rings. The lowest BCUT2D eigenvalue weighted by atomic mass is 10.2. The third kappa shape index (κ3) is 23.0. The van der Waals surface area contributed by atoms with Crippen molar-refractivity contribution >= 4 is 12.1 Å². The zero-order chi connectivity index (χ0) is 12.8. The molecular formula is C11H23NO4. The van der Waals surface area contributed by atoms with Crippen LogP contribution >= 0.6 is 0 Å². The normalized spacial score (nSPS) is 8.88. The Morgan fingerprint density at radius 1 is 1.00 bits per heavy atom. The van der Waals surface area contributed by atoms with Gasteiger partial charge in [-0.15, -0.1) is 0 Å². The van der Waals surface area contributed by atoms with Gasteiger partial charge in [-0.25, -0.2) is 4.79 Å². The van der Waals surface area contributed by atoms with E-state index < -0.39 is 12.1 Å². The molecule has 0 bridgehead atoms. The minimum atomic E-state index is -0.932. The summed E-state index contributed by atoms with van der Waals surface area (Å²) in [7, 11) is 0. The van der Waals surface area contributed by atoms with Crippen molar-refractivity contribution in [2.45, 2.75) is 52.4 Å². The van der Waals surface area contributed by atoms with Crippen molar-refractivity contribution in [2.24, 2.45) is 0 Å². The molecule has 0 aromatic rings. The molecule has 0 heterocycles. The largest absolute Gasteiger partial charge is 0.481 e. The minimum Gasteiger partial charge on any atom is -0.481 e. The van der Waals surface area contributed by atoms with E-state index in [0.717, 1.165) is 32.1 Å². The number of hydrogen-bond acceptors (Lipinski definition) is 2. The second-order valence-corrected chi connectivity index (χ2v) is 3.44. The zero-order valence-corrected chi connectivity index (χ0v) is 10.2. The van der Waals surface area contributed by atoms with Crippen LogP contribution in [0.5, 0.6) is 0 Å². The van der Waals surface area contributed by atoms with Crippen LogP contribution in [-0.2, 0) is 4.79 Å². The first-order chi connectivity index (χ1) is 7.54. The van der Waals surface area contributed by atoms with Gasteiger partial charge in [0.2, 0.25) is 0 Å².